The van der Waals surface area contributed by atoms with Crippen LogP contribution in [0.1, 0.15) is 56.9 Å². The van der Waals surface area contributed by atoms with Gasteiger partial charge < -0.3 is 15.3 Å². The fraction of sp³-hybridized carbons (Fsp3) is 0.700. The predicted octanol–water partition coefficient (Wildman–Crippen LogP) is 2.81. The van der Waals surface area contributed by atoms with E-state index in [1.807, 2.05) is 13.1 Å². The van der Waals surface area contributed by atoms with Gasteiger partial charge in [-0.05, 0) is 44.2 Å². The fourth-order valence-electron chi connectivity index (χ4n) is 3.98. The number of carbonyl (C=O) groups is 1. The lowest BCUT2D eigenvalue weighted by atomic mass is 9.92. The van der Waals surface area contributed by atoms with Gasteiger partial charge in [0.25, 0.3) is 0 Å². The van der Waals surface area contributed by atoms with Crippen LogP contribution in [0.15, 0.2) is 18.3 Å². The molecule has 5 nitrogen and oxygen atoms in total. The number of carbonyl (C=O) groups excluding carboxylic acids is 1. The quantitative estimate of drug-likeness (QED) is 0.824. The number of aliphatic hydroxyl groups is 1. The van der Waals surface area contributed by atoms with Crippen molar-refractivity contribution in [3.05, 3.63) is 23.9 Å². The number of nitrogens with zero attached hydrogens (tertiary/aromatic N) is 2. The van der Waals surface area contributed by atoms with Crippen LogP contribution in [0.3, 0.4) is 0 Å². The van der Waals surface area contributed by atoms with E-state index in [0.717, 1.165) is 63.0 Å². The molecule has 2 fully saturated rings. The van der Waals surface area contributed by atoms with Gasteiger partial charge in [-0.3, -0.25) is 4.79 Å². The van der Waals surface area contributed by atoms with E-state index in [1.54, 1.807) is 0 Å². The minimum atomic E-state index is -0.696. The van der Waals surface area contributed by atoms with E-state index in [1.165, 1.54) is 12.8 Å². The van der Waals surface area contributed by atoms with Crippen LogP contribution < -0.4 is 10.2 Å². The van der Waals surface area contributed by atoms with Crippen molar-refractivity contribution in [2.75, 3.05) is 24.5 Å². The van der Waals surface area contributed by atoms with Crippen molar-refractivity contribution in [3.8, 4) is 0 Å². The van der Waals surface area contributed by atoms with Crippen molar-refractivity contribution in [1.29, 1.82) is 0 Å². The third-order valence-corrected chi connectivity index (χ3v) is 5.71. The number of anilines is 1. The first-order chi connectivity index (χ1) is 12.1. The Bertz CT molecular complexity index is 557. The Kier molecular flexibility index (Phi) is 5.94. The number of aryl methyl sites for hydroxylation is 1. The second-order valence-corrected chi connectivity index (χ2v) is 7.81. The maximum Gasteiger partial charge on any atom is 0.223 e. The highest BCUT2D eigenvalue weighted by Gasteiger charge is 2.31. The summed E-state index contributed by atoms with van der Waals surface area (Å²) in [5, 5.41) is 13.7. The summed E-state index contributed by atoms with van der Waals surface area (Å²) in [5.74, 6) is 1.16. The number of amides is 1. The smallest absolute Gasteiger partial charge is 0.223 e. The van der Waals surface area contributed by atoms with Crippen LogP contribution in [0.5, 0.6) is 0 Å². The Morgan fingerprint density at radius 3 is 2.52 bits per heavy atom. The Hall–Kier alpha value is -1.62. The van der Waals surface area contributed by atoms with Gasteiger partial charge >= 0.3 is 0 Å². The highest BCUT2D eigenvalue weighted by Crippen LogP contribution is 2.27. The summed E-state index contributed by atoms with van der Waals surface area (Å²) >= 11 is 0. The highest BCUT2D eigenvalue weighted by molar-refractivity contribution is 5.79. The number of piperidine rings is 1. The molecule has 0 atom stereocenters. The van der Waals surface area contributed by atoms with Gasteiger partial charge in [-0.2, -0.15) is 0 Å². The van der Waals surface area contributed by atoms with Gasteiger partial charge in [0.05, 0.1) is 5.60 Å². The molecule has 1 aromatic rings. The Morgan fingerprint density at radius 2 is 1.92 bits per heavy atom. The zero-order chi connectivity index (χ0) is 17.7. The molecule has 1 aromatic heterocycles. The maximum absolute atomic E-state index is 12.5. The molecule has 1 aliphatic heterocycles. The Balaban J connectivity index is 1.45. The van der Waals surface area contributed by atoms with Crippen LogP contribution in [-0.4, -0.2) is 41.2 Å². The number of aromatic nitrogens is 1. The number of pyridine rings is 1. The van der Waals surface area contributed by atoms with Gasteiger partial charge in [0.1, 0.15) is 5.82 Å². The highest BCUT2D eigenvalue weighted by atomic mass is 16.3. The summed E-state index contributed by atoms with van der Waals surface area (Å²) in [6.45, 7) is 4.16. The molecule has 25 heavy (non-hydrogen) atoms. The Morgan fingerprint density at radius 1 is 1.24 bits per heavy atom. The molecular weight excluding hydrogens is 314 g/mol. The normalized spacial score (nSPS) is 21.6. The van der Waals surface area contributed by atoms with Gasteiger partial charge in [-0.25, -0.2) is 4.98 Å². The van der Waals surface area contributed by atoms with Crippen LogP contribution in [0, 0.1) is 12.8 Å². The summed E-state index contributed by atoms with van der Waals surface area (Å²) < 4.78 is 0. The molecule has 0 aromatic carbocycles. The second kappa shape index (κ2) is 8.17. The molecule has 0 bridgehead atoms. The molecule has 0 unspecified atom stereocenters. The van der Waals surface area contributed by atoms with Crippen molar-refractivity contribution in [1.82, 2.24) is 10.3 Å². The molecule has 2 aliphatic rings. The van der Waals surface area contributed by atoms with E-state index in [-0.39, 0.29) is 11.8 Å². The summed E-state index contributed by atoms with van der Waals surface area (Å²) in [7, 11) is 0. The first-order valence-electron chi connectivity index (χ1n) is 9.73. The summed E-state index contributed by atoms with van der Waals surface area (Å²) in [6.07, 6.45) is 9.73. The minimum absolute atomic E-state index is 0.0519. The SMILES string of the molecule is Cc1ccc(N2CCC(C(=O)NCC3(O)CCCCCC3)CC2)nc1. The monoisotopic (exact) mass is 345 g/mol. The standard InChI is InChI=1S/C20H31N3O2/c1-16-6-7-18(21-14-16)23-12-8-17(9-13-23)19(24)22-15-20(25)10-4-2-3-5-11-20/h6-7,14,17,25H,2-5,8-13,15H2,1H3,(H,22,24). The van der Waals surface area contributed by atoms with Crippen LogP contribution in [0.2, 0.25) is 0 Å². The van der Waals surface area contributed by atoms with E-state index in [2.05, 4.69) is 27.3 Å². The zero-order valence-corrected chi connectivity index (χ0v) is 15.3. The lowest BCUT2D eigenvalue weighted by Crippen LogP contribution is -2.46. The van der Waals surface area contributed by atoms with E-state index < -0.39 is 5.60 Å². The van der Waals surface area contributed by atoms with Gasteiger partial charge in [0.2, 0.25) is 5.91 Å². The average Bonchev–Trinajstić information content (AvgIpc) is 2.86. The van der Waals surface area contributed by atoms with Gasteiger partial charge in [-0.1, -0.05) is 31.7 Å². The molecule has 1 saturated carbocycles. The molecule has 0 radical (unpaired) electrons. The van der Waals surface area contributed by atoms with E-state index in [9.17, 15) is 9.90 Å². The molecule has 0 spiro atoms. The summed E-state index contributed by atoms with van der Waals surface area (Å²) in [4.78, 5) is 19.2. The van der Waals surface area contributed by atoms with E-state index in [0.29, 0.717) is 6.54 Å². The minimum Gasteiger partial charge on any atom is -0.388 e. The van der Waals surface area contributed by atoms with Crippen LogP contribution in [-0.2, 0) is 4.79 Å². The van der Waals surface area contributed by atoms with Crippen LogP contribution >= 0.6 is 0 Å². The molecule has 1 amide bonds. The van der Waals surface area contributed by atoms with E-state index >= 15 is 0 Å². The number of hydrogen-bond acceptors (Lipinski definition) is 4. The van der Waals surface area contributed by atoms with Crippen LogP contribution in [0.4, 0.5) is 5.82 Å². The lowest BCUT2D eigenvalue weighted by molar-refractivity contribution is -0.127. The second-order valence-electron chi connectivity index (χ2n) is 7.81. The third-order valence-electron chi connectivity index (χ3n) is 5.71. The molecule has 1 aliphatic carbocycles. The number of hydrogen-bond donors (Lipinski definition) is 2. The fourth-order valence-corrected chi connectivity index (χ4v) is 3.98. The summed E-state index contributed by atoms with van der Waals surface area (Å²) in [6, 6.07) is 4.13. The predicted molar refractivity (Wildman–Crippen MR) is 99.6 cm³/mol. The average molecular weight is 345 g/mol. The molecule has 2 heterocycles. The molecule has 1 saturated heterocycles. The molecule has 138 valence electrons. The largest absolute Gasteiger partial charge is 0.388 e. The van der Waals surface area contributed by atoms with Crippen molar-refractivity contribution >= 4 is 11.7 Å². The van der Waals surface area contributed by atoms with Crippen molar-refractivity contribution in [2.24, 2.45) is 5.92 Å². The molecule has 3 rings (SSSR count). The molecule has 5 heteroatoms. The van der Waals surface area contributed by atoms with Crippen molar-refractivity contribution < 1.29 is 9.90 Å². The first kappa shape index (κ1) is 18.2. The Labute approximate surface area is 150 Å². The summed E-state index contributed by atoms with van der Waals surface area (Å²) in [5.41, 5.74) is 0.466. The topological polar surface area (TPSA) is 65.5 Å². The van der Waals surface area contributed by atoms with Crippen molar-refractivity contribution in [3.63, 3.8) is 0 Å². The third kappa shape index (κ3) is 4.94. The van der Waals surface area contributed by atoms with Gasteiger partial charge in [0.15, 0.2) is 0 Å². The number of nitrogens with one attached hydrogen (secondary N) is 1. The van der Waals surface area contributed by atoms with Crippen LogP contribution in [0.25, 0.3) is 0 Å². The molecule has 2 N–H and O–H groups in total. The first-order valence-corrected chi connectivity index (χ1v) is 9.73. The zero-order valence-electron chi connectivity index (χ0n) is 15.3. The van der Waals surface area contributed by atoms with Crippen molar-refractivity contribution in [2.45, 2.75) is 63.9 Å². The number of rotatable bonds is 4. The van der Waals surface area contributed by atoms with Gasteiger partial charge in [0, 0.05) is 31.7 Å². The van der Waals surface area contributed by atoms with E-state index in [4.69, 9.17) is 0 Å². The maximum atomic E-state index is 12.5. The molecular formula is C20H31N3O2. The lowest BCUT2D eigenvalue weighted by Gasteiger charge is -2.33. The van der Waals surface area contributed by atoms with Gasteiger partial charge in [-0.15, -0.1) is 0 Å².